The number of unbranched alkanes of at least 4 members (excludes halogenated alkanes) is 1. The van der Waals surface area contributed by atoms with Crippen molar-refractivity contribution in [3.05, 3.63) is 35.4 Å². The van der Waals surface area contributed by atoms with Gasteiger partial charge in [0.2, 0.25) is 5.91 Å². The summed E-state index contributed by atoms with van der Waals surface area (Å²) >= 11 is 0. The third-order valence-corrected chi connectivity index (χ3v) is 3.78. The van der Waals surface area contributed by atoms with Crippen molar-refractivity contribution in [1.82, 2.24) is 5.43 Å². The number of rotatable bonds is 10. The largest absolute Gasteiger partial charge is 0.376 e. The van der Waals surface area contributed by atoms with E-state index in [1.807, 2.05) is 24.3 Å². The van der Waals surface area contributed by atoms with Crippen molar-refractivity contribution in [1.29, 1.82) is 0 Å². The van der Waals surface area contributed by atoms with E-state index >= 15 is 0 Å². The Morgan fingerprint density at radius 3 is 2.62 bits per heavy atom. The molecule has 1 rings (SSSR count). The van der Waals surface area contributed by atoms with Crippen LogP contribution >= 0.6 is 0 Å². The molecular formula is C17H28N2O2. The molecule has 0 saturated carbocycles. The monoisotopic (exact) mass is 292 g/mol. The highest BCUT2D eigenvalue weighted by Crippen LogP contribution is 2.15. The van der Waals surface area contributed by atoms with Crippen LogP contribution in [0.5, 0.6) is 0 Å². The number of nitrogens with one attached hydrogen (secondary N) is 1. The van der Waals surface area contributed by atoms with E-state index in [0.717, 1.165) is 24.2 Å². The van der Waals surface area contributed by atoms with Gasteiger partial charge in [-0.25, -0.2) is 5.84 Å². The first-order valence-corrected chi connectivity index (χ1v) is 7.85. The lowest BCUT2D eigenvalue weighted by molar-refractivity contribution is -0.120. The van der Waals surface area contributed by atoms with Gasteiger partial charge in [0.05, 0.1) is 13.0 Å². The molecule has 0 bridgehead atoms. The Kier molecular flexibility index (Phi) is 8.71. The van der Waals surface area contributed by atoms with Crippen molar-refractivity contribution < 1.29 is 9.53 Å². The minimum Gasteiger partial charge on any atom is -0.376 e. The molecule has 0 spiro atoms. The molecule has 1 aromatic carbocycles. The topological polar surface area (TPSA) is 64.3 Å². The highest BCUT2D eigenvalue weighted by molar-refractivity contribution is 5.78. The summed E-state index contributed by atoms with van der Waals surface area (Å²) in [5.41, 5.74) is 4.20. The van der Waals surface area contributed by atoms with Crippen molar-refractivity contribution >= 4 is 5.91 Å². The predicted octanol–water partition coefficient (Wildman–Crippen LogP) is 2.95. The lowest BCUT2D eigenvalue weighted by atomic mass is 10.0. The molecule has 0 saturated heterocycles. The van der Waals surface area contributed by atoms with Crippen LogP contribution in [-0.4, -0.2) is 12.5 Å². The highest BCUT2D eigenvalue weighted by atomic mass is 16.5. The normalized spacial score (nSPS) is 12.1. The van der Waals surface area contributed by atoms with Gasteiger partial charge in [-0.1, -0.05) is 57.4 Å². The molecule has 118 valence electrons. The minimum absolute atomic E-state index is 0.183. The molecule has 0 fully saturated rings. The van der Waals surface area contributed by atoms with E-state index in [2.05, 4.69) is 19.3 Å². The SMILES string of the molecule is CCCCC(CC)COCc1ccccc1CC(=O)NN. The molecular weight excluding hydrogens is 264 g/mol. The Morgan fingerprint density at radius 1 is 1.29 bits per heavy atom. The van der Waals surface area contributed by atoms with Gasteiger partial charge in [0.25, 0.3) is 0 Å². The number of benzene rings is 1. The first-order chi connectivity index (χ1) is 10.2. The van der Waals surface area contributed by atoms with E-state index in [1.165, 1.54) is 19.3 Å². The lowest BCUT2D eigenvalue weighted by Crippen LogP contribution is -2.31. The molecule has 0 radical (unpaired) electrons. The van der Waals surface area contributed by atoms with Gasteiger partial charge >= 0.3 is 0 Å². The summed E-state index contributed by atoms with van der Waals surface area (Å²) in [5, 5.41) is 0. The van der Waals surface area contributed by atoms with Gasteiger partial charge in [0, 0.05) is 6.61 Å². The van der Waals surface area contributed by atoms with Gasteiger partial charge in [-0.15, -0.1) is 0 Å². The summed E-state index contributed by atoms with van der Waals surface area (Å²) in [6, 6.07) is 7.85. The summed E-state index contributed by atoms with van der Waals surface area (Å²) in [4.78, 5) is 11.4. The summed E-state index contributed by atoms with van der Waals surface area (Å²) in [6.45, 7) is 5.76. The Morgan fingerprint density at radius 2 is 2.00 bits per heavy atom. The molecule has 1 atom stereocenters. The molecule has 21 heavy (non-hydrogen) atoms. The molecule has 3 N–H and O–H groups in total. The number of hydrazine groups is 1. The second-order valence-corrected chi connectivity index (χ2v) is 5.44. The Hall–Kier alpha value is -1.39. The van der Waals surface area contributed by atoms with Crippen molar-refractivity contribution in [2.75, 3.05) is 6.61 Å². The van der Waals surface area contributed by atoms with Gasteiger partial charge in [0.1, 0.15) is 0 Å². The Balaban J connectivity index is 2.49. The second-order valence-electron chi connectivity index (χ2n) is 5.44. The van der Waals surface area contributed by atoms with Crippen LogP contribution < -0.4 is 11.3 Å². The first kappa shape index (κ1) is 17.7. The van der Waals surface area contributed by atoms with Gasteiger partial charge in [-0.3, -0.25) is 10.2 Å². The molecule has 1 aromatic rings. The zero-order valence-electron chi connectivity index (χ0n) is 13.2. The van der Waals surface area contributed by atoms with Crippen LogP contribution in [0.15, 0.2) is 24.3 Å². The summed E-state index contributed by atoms with van der Waals surface area (Å²) in [7, 11) is 0. The van der Waals surface area contributed by atoms with E-state index < -0.39 is 0 Å². The number of nitrogens with two attached hydrogens (primary N) is 1. The van der Waals surface area contributed by atoms with Gasteiger partial charge < -0.3 is 4.74 Å². The molecule has 0 heterocycles. The van der Waals surface area contributed by atoms with Crippen LogP contribution in [0.1, 0.15) is 50.7 Å². The van der Waals surface area contributed by atoms with Crippen LogP contribution in [0.25, 0.3) is 0 Å². The number of carbonyl (C=O) groups is 1. The first-order valence-electron chi connectivity index (χ1n) is 7.85. The lowest BCUT2D eigenvalue weighted by Gasteiger charge is -2.15. The fourth-order valence-corrected chi connectivity index (χ4v) is 2.33. The maximum Gasteiger partial charge on any atom is 0.238 e. The van der Waals surface area contributed by atoms with Crippen molar-refractivity contribution in [3.63, 3.8) is 0 Å². The molecule has 1 amide bonds. The third kappa shape index (κ3) is 6.74. The van der Waals surface area contributed by atoms with Crippen LogP contribution in [0.2, 0.25) is 0 Å². The third-order valence-electron chi connectivity index (χ3n) is 3.78. The molecule has 0 aliphatic rings. The van der Waals surface area contributed by atoms with Crippen molar-refractivity contribution in [3.8, 4) is 0 Å². The van der Waals surface area contributed by atoms with Crippen molar-refractivity contribution in [2.45, 2.75) is 52.6 Å². The number of hydrogen-bond acceptors (Lipinski definition) is 3. The maximum atomic E-state index is 11.4. The van der Waals surface area contributed by atoms with E-state index in [4.69, 9.17) is 10.6 Å². The fourth-order valence-electron chi connectivity index (χ4n) is 2.33. The predicted molar refractivity (Wildman–Crippen MR) is 85.4 cm³/mol. The summed E-state index contributed by atoms with van der Waals surface area (Å²) < 4.78 is 5.86. The molecule has 0 aromatic heterocycles. The molecule has 4 nitrogen and oxygen atoms in total. The van der Waals surface area contributed by atoms with E-state index in [0.29, 0.717) is 18.9 Å². The van der Waals surface area contributed by atoms with Crippen molar-refractivity contribution in [2.24, 2.45) is 11.8 Å². The van der Waals surface area contributed by atoms with E-state index in [1.54, 1.807) is 0 Å². The summed E-state index contributed by atoms with van der Waals surface area (Å²) in [6.07, 6.45) is 5.16. The van der Waals surface area contributed by atoms with Gasteiger partial charge in [-0.2, -0.15) is 0 Å². The molecule has 1 unspecified atom stereocenters. The average Bonchev–Trinajstić information content (AvgIpc) is 2.52. The summed E-state index contributed by atoms with van der Waals surface area (Å²) in [5.74, 6) is 5.59. The fraction of sp³-hybridized carbons (Fsp3) is 0.588. The quantitative estimate of drug-likeness (QED) is 0.396. The van der Waals surface area contributed by atoms with Crippen LogP contribution in [0.4, 0.5) is 0 Å². The minimum atomic E-state index is -0.183. The highest BCUT2D eigenvalue weighted by Gasteiger charge is 2.09. The maximum absolute atomic E-state index is 11.4. The molecule has 0 aliphatic carbocycles. The average molecular weight is 292 g/mol. The van der Waals surface area contributed by atoms with E-state index in [9.17, 15) is 4.79 Å². The number of hydrogen-bond donors (Lipinski definition) is 2. The van der Waals surface area contributed by atoms with Crippen LogP contribution in [-0.2, 0) is 22.6 Å². The number of ether oxygens (including phenoxy) is 1. The zero-order valence-corrected chi connectivity index (χ0v) is 13.2. The second kappa shape index (κ2) is 10.4. The number of amides is 1. The van der Waals surface area contributed by atoms with Crippen LogP contribution in [0.3, 0.4) is 0 Å². The zero-order chi connectivity index (χ0) is 15.5. The Bertz CT molecular complexity index is 421. The van der Waals surface area contributed by atoms with E-state index in [-0.39, 0.29) is 5.91 Å². The Labute approximate surface area is 128 Å². The molecule has 0 aliphatic heterocycles. The standard InChI is InChI=1S/C17H28N2O2/c1-3-5-8-14(4-2)12-21-13-16-10-7-6-9-15(16)11-17(20)19-18/h6-7,9-10,14H,3-5,8,11-13,18H2,1-2H3,(H,19,20). The number of carbonyl (C=O) groups excluding carboxylic acids is 1. The van der Waals surface area contributed by atoms with Gasteiger partial charge in [0.15, 0.2) is 0 Å². The molecule has 4 heteroatoms. The van der Waals surface area contributed by atoms with Crippen LogP contribution in [0, 0.1) is 5.92 Å². The van der Waals surface area contributed by atoms with Gasteiger partial charge in [-0.05, 0) is 23.5 Å². The smallest absolute Gasteiger partial charge is 0.238 e.